The molecule has 85 heavy (non-hydrogen) atoms. The summed E-state index contributed by atoms with van der Waals surface area (Å²) < 4.78 is 28.5. The zero-order valence-electron chi connectivity index (χ0n) is 53.1. The van der Waals surface area contributed by atoms with E-state index in [1.54, 1.807) is 0 Å². The Balaban J connectivity index is 2.73. The maximum absolute atomic E-state index is 13.2. The van der Waals surface area contributed by atoms with Gasteiger partial charge in [0.2, 0.25) is 0 Å². The highest BCUT2D eigenvalue weighted by Crippen LogP contribution is 2.26. The number of esters is 3. The third-order valence-electron chi connectivity index (χ3n) is 14.2. The number of unbranched alkanes of at least 4 members (excludes halogenated alkanes) is 19. The number of allylic oxidation sites excluding steroid dienone is 22. The fourth-order valence-corrected chi connectivity index (χ4v) is 9.14. The van der Waals surface area contributed by atoms with Crippen LogP contribution < -0.4 is 0 Å². The first-order valence-corrected chi connectivity index (χ1v) is 33.2. The van der Waals surface area contributed by atoms with E-state index in [2.05, 4.69) is 142 Å². The normalized spacial score (nSPS) is 18.3. The van der Waals surface area contributed by atoms with Crippen LogP contribution in [0.5, 0.6) is 0 Å². The second kappa shape index (κ2) is 59.2. The lowest BCUT2D eigenvalue weighted by Crippen LogP contribution is -2.61. The van der Waals surface area contributed by atoms with Crippen molar-refractivity contribution in [1.82, 2.24) is 0 Å². The first-order chi connectivity index (χ1) is 41.6. The summed E-state index contributed by atoms with van der Waals surface area (Å²) >= 11 is 0. The quantitative estimate of drug-likeness (QED) is 0.0228. The van der Waals surface area contributed by atoms with Gasteiger partial charge in [-0.1, -0.05) is 238 Å². The molecule has 1 aliphatic rings. The van der Waals surface area contributed by atoms with Gasteiger partial charge in [-0.3, -0.25) is 14.4 Å². The number of ether oxygens (including phenoxy) is 5. The zero-order valence-corrected chi connectivity index (χ0v) is 53.1. The minimum absolute atomic E-state index is 0.0360. The minimum atomic E-state index is -1.93. The van der Waals surface area contributed by atoms with Crippen LogP contribution in [0.15, 0.2) is 134 Å². The van der Waals surface area contributed by atoms with E-state index in [4.69, 9.17) is 23.7 Å². The molecule has 0 aromatic carbocycles. The van der Waals surface area contributed by atoms with E-state index in [0.717, 1.165) is 148 Å². The number of rotatable bonds is 55. The van der Waals surface area contributed by atoms with Crippen LogP contribution in [-0.2, 0) is 42.9 Å². The highest BCUT2D eigenvalue weighted by atomic mass is 16.7. The Kier molecular flexibility index (Phi) is 54.2. The third-order valence-corrected chi connectivity index (χ3v) is 14.2. The molecule has 3 N–H and O–H groups in total. The van der Waals surface area contributed by atoms with Gasteiger partial charge in [0.05, 0.1) is 6.61 Å². The van der Waals surface area contributed by atoms with Crippen molar-refractivity contribution >= 4 is 23.9 Å². The predicted molar refractivity (Wildman–Crippen MR) is 349 cm³/mol. The van der Waals surface area contributed by atoms with Crippen molar-refractivity contribution in [3.63, 3.8) is 0 Å². The maximum atomic E-state index is 13.2. The average molecular weight is 1190 g/mol. The fourth-order valence-electron chi connectivity index (χ4n) is 9.14. The molecule has 0 aromatic heterocycles. The van der Waals surface area contributed by atoms with E-state index in [0.29, 0.717) is 19.3 Å². The Morgan fingerprint density at radius 3 is 1.18 bits per heavy atom. The van der Waals surface area contributed by atoms with Gasteiger partial charge in [0.1, 0.15) is 18.8 Å². The molecule has 480 valence electrons. The Morgan fingerprint density at radius 1 is 0.400 bits per heavy atom. The molecular weight excluding hydrogens is 1070 g/mol. The minimum Gasteiger partial charge on any atom is -0.479 e. The summed E-state index contributed by atoms with van der Waals surface area (Å²) in [5, 5.41) is 31.6. The standard InChI is InChI=1S/C73H116O12/c1-4-7-10-13-16-19-22-25-28-31-33-36-38-41-44-47-50-53-56-59-65(74)81-62-64(83-66(75)60-57-54-51-48-45-42-40-37-34-32-29-26-23-20-17-14-11-8-5-2)63-82-73-71(69(78)68(77)70(85-73)72(79)80)84-67(76)61-58-55-52-49-46-43-39-35-30-27-24-21-18-15-12-9-6-3/h7,10,16-21,25-30,33-34,36-37,41,44,50,53,64,68-71,73,77-78H,4-6,8-9,11-15,22-24,31-32,35,38-40,42-43,45-49,51-52,54-63H2,1-3H3,(H,79,80)/b10-7-,19-16-,20-17-,21-18-,28-25-,29-26-,30-27-,36-33-,37-34-,44-41-,53-50-. The second-order valence-corrected chi connectivity index (χ2v) is 22.0. The number of aliphatic carboxylic acids is 1. The van der Waals surface area contributed by atoms with Gasteiger partial charge in [-0.25, -0.2) is 4.79 Å². The summed E-state index contributed by atoms with van der Waals surface area (Å²) in [6.45, 7) is 5.76. The molecule has 1 fully saturated rings. The summed E-state index contributed by atoms with van der Waals surface area (Å²) in [6, 6.07) is 0. The van der Waals surface area contributed by atoms with E-state index < -0.39 is 67.3 Å². The molecule has 12 nitrogen and oxygen atoms in total. The maximum Gasteiger partial charge on any atom is 0.335 e. The van der Waals surface area contributed by atoms with Crippen molar-refractivity contribution in [2.45, 2.75) is 289 Å². The van der Waals surface area contributed by atoms with Gasteiger partial charge in [-0.2, -0.15) is 0 Å². The largest absolute Gasteiger partial charge is 0.479 e. The number of carbonyl (C=O) groups excluding carboxylic acids is 3. The fraction of sp³-hybridized carbons (Fsp3) is 0.644. The van der Waals surface area contributed by atoms with Gasteiger partial charge in [0, 0.05) is 19.3 Å². The Morgan fingerprint density at radius 2 is 0.765 bits per heavy atom. The number of hydrogen-bond acceptors (Lipinski definition) is 11. The van der Waals surface area contributed by atoms with Crippen LogP contribution in [0.3, 0.4) is 0 Å². The summed E-state index contributed by atoms with van der Waals surface area (Å²) in [6.07, 6.45) is 71.2. The van der Waals surface area contributed by atoms with Crippen molar-refractivity contribution in [3.8, 4) is 0 Å². The van der Waals surface area contributed by atoms with Crippen LogP contribution in [0.1, 0.15) is 252 Å². The SMILES string of the molecule is CC/C=C\C/C=C\C/C=C\C/C=C\C/C=C\C/C=C\CCC(=O)OCC(COC1OC(C(=O)O)C(O)C(O)C1OC(=O)CCCCCCCCC/C=C\C/C=C\CCCCC)OC(=O)CCCCCCCC/C=C\C/C=C\C/C=C\CCCCC. The number of hydrogen-bond donors (Lipinski definition) is 3. The van der Waals surface area contributed by atoms with Crippen LogP contribution in [0, 0.1) is 0 Å². The second-order valence-electron chi connectivity index (χ2n) is 22.0. The van der Waals surface area contributed by atoms with Crippen molar-refractivity contribution in [1.29, 1.82) is 0 Å². The number of carboxylic acids is 1. The molecule has 1 rings (SSSR count). The molecular formula is C73H116O12. The molecule has 0 amide bonds. The van der Waals surface area contributed by atoms with Crippen molar-refractivity contribution in [2.75, 3.05) is 13.2 Å². The van der Waals surface area contributed by atoms with Crippen LogP contribution in [0.25, 0.3) is 0 Å². The Hall–Kier alpha value is -5.14. The molecule has 12 heteroatoms. The van der Waals surface area contributed by atoms with E-state index >= 15 is 0 Å². The van der Waals surface area contributed by atoms with Crippen molar-refractivity contribution in [2.24, 2.45) is 0 Å². The molecule has 1 aliphatic heterocycles. The summed E-state index contributed by atoms with van der Waals surface area (Å²) in [4.78, 5) is 51.4. The molecule has 0 spiro atoms. The molecule has 0 bridgehead atoms. The highest BCUT2D eigenvalue weighted by molar-refractivity contribution is 5.74. The van der Waals surface area contributed by atoms with Gasteiger partial charge in [-0.05, 0) is 128 Å². The summed E-state index contributed by atoms with van der Waals surface area (Å²) in [5.74, 6) is -3.27. The Labute approximate surface area is 515 Å². The first-order valence-electron chi connectivity index (χ1n) is 33.2. The molecule has 1 heterocycles. The lowest BCUT2D eigenvalue weighted by Gasteiger charge is -2.40. The molecule has 0 aliphatic carbocycles. The van der Waals surface area contributed by atoms with E-state index in [1.165, 1.54) is 44.9 Å². The van der Waals surface area contributed by atoms with E-state index in [-0.39, 0.29) is 25.9 Å². The van der Waals surface area contributed by atoms with Crippen LogP contribution >= 0.6 is 0 Å². The first kappa shape index (κ1) is 77.9. The molecule has 6 atom stereocenters. The zero-order chi connectivity index (χ0) is 61.7. The van der Waals surface area contributed by atoms with Gasteiger partial charge < -0.3 is 39.0 Å². The third kappa shape index (κ3) is 48.6. The van der Waals surface area contributed by atoms with Crippen LogP contribution in [-0.4, -0.2) is 89.2 Å². The molecule has 0 aromatic rings. The van der Waals surface area contributed by atoms with Crippen LogP contribution in [0.2, 0.25) is 0 Å². The number of carbonyl (C=O) groups is 4. The summed E-state index contributed by atoms with van der Waals surface area (Å²) in [7, 11) is 0. The van der Waals surface area contributed by atoms with E-state index in [1.807, 2.05) is 12.2 Å². The topological polar surface area (TPSA) is 175 Å². The van der Waals surface area contributed by atoms with Crippen molar-refractivity contribution < 1.29 is 58.2 Å². The lowest BCUT2D eigenvalue weighted by atomic mass is 9.98. The van der Waals surface area contributed by atoms with Gasteiger partial charge in [0.15, 0.2) is 24.6 Å². The number of carboxylic acid groups (broad SMARTS) is 1. The van der Waals surface area contributed by atoms with Gasteiger partial charge >= 0.3 is 23.9 Å². The number of aliphatic hydroxyl groups excluding tert-OH is 2. The Bertz CT molecular complexity index is 1990. The number of aliphatic hydroxyl groups is 2. The van der Waals surface area contributed by atoms with Crippen molar-refractivity contribution in [3.05, 3.63) is 134 Å². The summed E-state index contributed by atoms with van der Waals surface area (Å²) in [5.41, 5.74) is 0. The molecule has 0 saturated carbocycles. The van der Waals surface area contributed by atoms with Gasteiger partial charge in [0.25, 0.3) is 0 Å². The van der Waals surface area contributed by atoms with Gasteiger partial charge in [-0.15, -0.1) is 0 Å². The van der Waals surface area contributed by atoms with Crippen LogP contribution in [0.4, 0.5) is 0 Å². The molecule has 1 saturated heterocycles. The highest BCUT2D eigenvalue weighted by Gasteiger charge is 2.50. The molecule has 0 radical (unpaired) electrons. The smallest absolute Gasteiger partial charge is 0.335 e. The molecule has 6 unspecified atom stereocenters. The predicted octanol–water partition coefficient (Wildman–Crippen LogP) is 18.1. The monoisotopic (exact) mass is 1180 g/mol. The lowest BCUT2D eigenvalue weighted by molar-refractivity contribution is -0.301. The average Bonchev–Trinajstić information content (AvgIpc) is 3.46. The van der Waals surface area contributed by atoms with E-state index in [9.17, 15) is 34.5 Å².